The standard InChI is InChI=1S/C17H23F3O/c1-11-8-12(2)15(13(3)9-11)10-16(21)6-4-14(5-7-16)17(18,19)20/h8-9,14,21H,4-7,10H2,1-3H3. The first kappa shape index (κ1) is 16.3. The number of aryl methyl sites for hydroxylation is 3. The van der Waals surface area contributed by atoms with Gasteiger partial charge in [0.15, 0.2) is 0 Å². The van der Waals surface area contributed by atoms with Crippen LogP contribution in [0.2, 0.25) is 0 Å². The first-order valence-electron chi connectivity index (χ1n) is 7.46. The maximum atomic E-state index is 12.7. The molecule has 0 saturated heterocycles. The van der Waals surface area contributed by atoms with Crippen LogP contribution in [0.15, 0.2) is 12.1 Å². The molecular formula is C17H23F3O. The Morgan fingerprint density at radius 3 is 2.00 bits per heavy atom. The highest BCUT2D eigenvalue weighted by Gasteiger charge is 2.45. The Kier molecular flexibility index (Phi) is 4.39. The van der Waals surface area contributed by atoms with Gasteiger partial charge < -0.3 is 5.11 Å². The minimum Gasteiger partial charge on any atom is -0.390 e. The lowest BCUT2D eigenvalue weighted by molar-refractivity contribution is -0.192. The Hall–Kier alpha value is -1.03. The average molecular weight is 300 g/mol. The number of hydrogen-bond donors (Lipinski definition) is 1. The van der Waals surface area contributed by atoms with E-state index in [0.29, 0.717) is 6.42 Å². The summed E-state index contributed by atoms with van der Waals surface area (Å²) in [5.74, 6) is -1.25. The van der Waals surface area contributed by atoms with Gasteiger partial charge in [0.05, 0.1) is 11.5 Å². The van der Waals surface area contributed by atoms with Gasteiger partial charge in [0.25, 0.3) is 0 Å². The van der Waals surface area contributed by atoms with E-state index in [2.05, 4.69) is 12.1 Å². The third-order valence-corrected chi connectivity index (χ3v) is 4.73. The molecule has 21 heavy (non-hydrogen) atoms. The molecule has 1 aliphatic carbocycles. The van der Waals surface area contributed by atoms with Crippen molar-refractivity contribution in [1.29, 1.82) is 0 Å². The van der Waals surface area contributed by atoms with Crippen LogP contribution in [0.4, 0.5) is 13.2 Å². The lowest BCUT2D eigenvalue weighted by Gasteiger charge is -2.37. The normalized spacial score (nSPS) is 26.9. The van der Waals surface area contributed by atoms with Gasteiger partial charge >= 0.3 is 6.18 Å². The van der Waals surface area contributed by atoms with Crippen LogP contribution in [-0.4, -0.2) is 16.9 Å². The first-order valence-corrected chi connectivity index (χ1v) is 7.46. The van der Waals surface area contributed by atoms with Gasteiger partial charge in [-0.1, -0.05) is 17.7 Å². The van der Waals surface area contributed by atoms with Gasteiger partial charge in [0.2, 0.25) is 0 Å². The average Bonchev–Trinajstić information content (AvgIpc) is 2.33. The fourth-order valence-electron chi connectivity index (χ4n) is 3.48. The molecule has 0 heterocycles. The number of alkyl halides is 3. The van der Waals surface area contributed by atoms with Crippen molar-refractivity contribution in [3.05, 3.63) is 34.4 Å². The van der Waals surface area contributed by atoms with Crippen molar-refractivity contribution < 1.29 is 18.3 Å². The van der Waals surface area contributed by atoms with Crippen LogP contribution < -0.4 is 0 Å². The molecule has 1 N–H and O–H groups in total. The van der Waals surface area contributed by atoms with Crippen LogP contribution in [0, 0.1) is 26.7 Å². The molecule has 1 fully saturated rings. The summed E-state index contributed by atoms with van der Waals surface area (Å²) in [6.07, 6.45) is -3.16. The number of halogens is 3. The summed E-state index contributed by atoms with van der Waals surface area (Å²) in [5, 5.41) is 10.7. The molecule has 0 aliphatic heterocycles. The molecule has 1 aliphatic rings. The van der Waals surface area contributed by atoms with Crippen LogP contribution in [0.3, 0.4) is 0 Å². The van der Waals surface area contributed by atoms with E-state index >= 15 is 0 Å². The molecule has 0 amide bonds. The van der Waals surface area contributed by atoms with Gasteiger partial charge in [-0.15, -0.1) is 0 Å². The summed E-state index contributed by atoms with van der Waals surface area (Å²) in [4.78, 5) is 0. The third-order valence-electron chi connectivity index (χ3n) is 4.73. The van der Waals surface area contributed by atoms with Crippen molar-refractivity contribution in [3.8, 4) is 0 Å². The van der Waals surface area contributed by atoms with Gasteiger partial charge in [-0.3, -0.25) is 0 Å². The van der Waals surface area contributed by atoms with Crippen LogP contribution in [0.1, 0.15) is 47.9 Å². The quantitative estimate of drug-likeness (QED) is 0.843. The molecule has 0 unspecified atom stereocenters. The van der Waals surface area contributed by atoms with Crippen LogP contribution in [0.25, 0.3) is 0 Å². The molecule has 118 valence electrons. The van der Waals surface area contributed by atoms with Crippen LogP contribution in [-0.2, 0) is 6.42 Å². The Bertz CT molecular complexity index is 488. The number of benzene rings is 1. The van der Waals surface area contributed by atoms with E-state index < -0.39 is 17.7 Å². The molecule has 0 bridgehead atoms. The second kappa shape index (κ2) is 5.64. The highest BCUT2D eigenvalue weighted by Crippen LogP contribution is 2.42. The molecule has 1 aromatic carbocycles. The largest absolute Gasteiger partial charge is 0.391 e. The van der Waals surface area contributed by atoms with Gasteiger partial charge in [0, 0.05) is 6.42 Å². The zero-order chi connectivity index (χ0) is 15.8. The predicted octanol–water partition coefficient (Wildman–Crippen LogP) is 4.64. The fourth-order valence-corrected chi connectivity index (χ4v) is 3.48. The summed E-state index contributed by atoms with van der Waals surface area (Å²) in [6.45, 7) is 6.02. The van der Waals surface area contributed by atoms with Crippen molar-refractivity contribution >= 4 is 0 Å². The molecule has 1 aromatic rings. The molecule has 1 nitrogen and oxygen atoms in total. The van der Waals surface area contributed by atoms with Crippen molar-refractivity contribution in [2.24, 2.45) is 5.92 Å². The minimum atomic E-state index is -4.13. The molecule has 0 spiro atoms. The second-order valence-electron chi connectivity index (χ2n) is 6.59. The number of aliphatic hydroxyl groups is 1. The molecule has 0 atom stereocenters. The van der Waals surface area contributed by atoms with Crippen LogP contribution in [0.5, 0.6) is 0 Å². The molecule has 1 saturated carbocycles. The molecular weight excluding hydrogens is 277 g/mol. The molecule has 2 rings (SSSR count). The van der Waals surface area contributed by atoms with E-state index in [4.69, 9.17) is 0 Å². The first-order chi connectivity index (χ1) is 9.61. The van der Waals surface area contributed by atoms with E-state index in [1.807, 2.05) is 20.8 Å². The summed E-state index contributed by atoms with van der Waals surface area (Å²) >= 11 is 0. The highest BCUT2D eigenvalue weighted by molar-refractivity contribution is 5.38. The van der Waals surface area contributed by atoms with Gasteiger partial charge in [-0.25, -0.2) is 0 Å². The summed E-state index contributed by atoms with van der Waals surface area (Å²) in [5.41, 5.74) is 3.47. The monoisotopic (exact) mass is 300 g/mol. The number of rotatable bonds is 2. The van der Waals surface area contributed by atoms with E-state index in [-0.39, 0.29) is 25.7 Å². The Balaban J connectivity index is 2.11. The number of hydrogen-bond acceptors (Lipinski definition) is 1. The SMILES string of the molecule is Cc1cc(C)c(CC2(O)CCC(C(F)(F)F)CC2)c(C)c1. The van der Waals surface area contributed by atoms with Gasteiger partial charge in [0.1, 0.15) is 0 Å². The highest BCUT2D eigenvalue weighted by atomic mass is 19.4. The Morgan fingerprint density at radius 2 is 1.57 bits per heavy atom. The zero-order valence-electron chi connectivity index (χ0n) is 12.8. The van der Waals surface area contributed by atoms with E-state index in [1.54, 1.807) is 0 Å². The molecule has 4 heteroatoms. The minimum absolute atomic E-state index is 0.0317. The van der Waals surface area contributed by atoms with Crippen LogP contribution >= 0.6 is 0 Å². The van der Waals surface area contributed by atoms with Crippen molar-refractivity contribution in [3.63, 3.8) is 0 Å². The van der Waals surface area contributed by atoms with E-state index in [9.17, 15) is 18.3 Å². The lowest BCUT2D eigenvalue weighted by Crippen LogP contribution is -2.40. The fraction of sp³-hybridized carbons (Fsp3) is 0.647. The van der Waals surface area contributed by atoms with Crippen molar-refractivity contribution in [2.75, 3.05) is 0 Å². The predicted molar refractivity (Wildman–Crippen MR) is 77.3 cm³/mol. The van der Waals surface area contributed by atoms with E-state index in [1.165, 1.54) is 5.56 Å². The summed E-state index contributed by atoms with van der Waals surface area (Å²) in [7, 11) is 0. The maximum Gasteiger partial charge on any atom is 0.391 e. The summed E-state index contributed by atoms with van der Waals surface area (Å²) in [6, 6.07) is 4.13. The third kappa shape index (κ3) is 3.79. The Morgan fingerprint density at radius 1 is 1.10 bits per heavy atom. The molecule has 0 aromatic heterocycles. The maximum absolute atomic E-state index is 12.7. The van der Waals surface area contributed by atoms with Crippen molar-refractivity contribution in [2.45, 2.75) is 64.7 Å². The Labute approximate surface area is 124 Å². The topological polar surface area (TPSA) is 20.2 Å². The van der Waals surface area contributed by atoms with E-state index in [0.717, 1.165) is 16.7 Å². The summed E-state index contributed by atoms with van der Waals surface area (Å²) < 4.78 is 38.1. The second-order valence-corrected chi connectivity index (χ2v) is 6.59. The van der Waals surface area contributed by atoms with Gasteiger partial charge in [-0.2, -0.15) is 13.2 Å². The molecule has 0 radical (unpaired) electrons. The smallest absolute Gasteiger partial charge is 0.390 e. The lowest BCUT2D eigenvalue weighted by atomic mass is 9.74. The van der Waals surface area contributed by atoms with Gasteiger partial charge in [-0.05, 0) is 63.1 Å². The van der Waals surface area contributed by atoms with Crippen molar-refractivity contribution in [1.82, 2.24) is 0 Å². The zero-order valence-corrected chi connectivity index (χ0v) is 12.8.